The van der Waals surface area contributed by atoms with Crippen LogP contribution in [0.15, 0.2) is 121 Å². The highest BCUT2D eigenvalue weighted by atomic mass is 32.2. The van der Waals surface area contributed by atoms with E-state index in [2.05, 4.69) is 16.0 Å². The highest BCUT2D eigenvalue weighted by molar-refractivity contribution is 7.99. The van der Waals surface area contributed by atoms with Gasteiger partial charge in [-0.3, -0.25) is 9.59 Å². The van der Waals surface area contributed by atoms with E-state index in [1.165, 1.54) is 42.4 Å². The van der Waals surface area contributed by atoms with E-state index in [-0.39, 0.29) is 23.9 Å². The van der Waals surface area contributed by atoms with Crippen LogP contribution in [-0.2, 0) is 47.7 Å². The van der Waals surface area contributed by atoms with Crippen LogP contribution in [0.3, 0.4) is 0 Å². The Morgan fingerprint density at radius 1 is 0.500 bits per heavy atom. The van der Waals surface area contributed by atoms with Gasteiger partial charge in [0.1, 0.15) is 23.2 Å². The molecule has 0 saturated heterocycles. The maximum Gasteiger partial charge on any atom is 0.408 e. The van der Waals surface area contributed by atoms with Crippen molar-refractivity contribution >= 4 is 59.2 Å². The van der Waals surface area contributed by atoms with Crippen LogP contribution in [0.2, 0.25) is 0 Å². The normalized spacial score (nSPS) is 14.3. The lowest BCUT2D eigenvalue weighted by Gasteiger charge is -2.38. The lowest BCUT2D eigenvalue weighted by atomic mass is 9.96. The summed E-state index contributed by atoms with van der Waals surface area (Å²) in [4.78, 5) is 55.4. The molecule has 0 saturated carbocycles. The molecule has 0 spiro atoms. The van der Waals surface area contributed by atoms with E-state index >= 15 is 0 Å². The number of hydrogen-bond acceptors (Lipinski definition) is 9. The first-order chi connectivity index (χ1) is 25.9. The van der Waals surface area contributed by atoms with Crippen LogP contribution in [0.1, 0.15) is 43.0 Å². The molecule has 4 rings (SSSR count). The van der Waals surface area contributed by atoms with Crippen molar-refractivity contribution < 1.29 is 28.7 Å². The van der Waals surface area contributed by atoms with E-state index < -0.39 is 40.5 Å². The molecule has 0 heterocycles. The minimum atomic E-state index is -1.52. The zero-order valence-corrected chi connectivity index (χ0v) is 33.6. The van der Waals surface area contributed by atoms with E-state index in [0.717, 1.165) is 22.3 Å². The van der Waals surface area contributed by atoms with Crippen LogP contribution >= 0.6 is 35.3 Å². The Bertz CT molecular complexity index is 1790. The second kappa shape index (κ2) is 20.9. The van der Waals surface area contributed by atoms with Crippen LogP contribution in [0, 0.1) is 0 Å². The van der Waals surface area contributed by atoms with Crippen molar-refractivity contribution in [2.75, 3.05) is 24.4 Å². The van der Waals surface area contributed by atoms with Gasteiger partial charge in [-0.2, -0.15) is 35.3 Å². The molecule has 4 aromatic rings. The molecule has 0 radical (unpaired) electrons. The van der Waals surface area contributed by atoms with E-state index in [1.807, 2.05) is 121 Å². The Balaban J connectivity index is 1.56. The van der Waals surface area contributed by atoms with Gasteiger partial charge in [0.05, 0.1) is 7.11 Å². The molecular weight excluding hydrogens is 739 g/mol. The number of thioether (sulfide) groups is 3. The predicted molar refractivity (Wildman–Crippen MR) is 221 cm³/mol. The molecule has 3 N–H and O–H groups in total. The van der Waals surface area contributed by atoms with Crippen LogP contribution < -0.4 is 16.0 Å². The third-order valence-electron chi connectivity index (χ3n) is 8.51. The number of nitrogens with one attached hydrogen (secondary N) is 3. The highest BCUT2D eigenvalue weighted by Crippen LogP contribution is 2.25. The van der Waals surface area contributed by atoms with Gasteiger partial charge in [-0.05, 0) is 43.0 Å². The summed E-state index contributed by atoms with van der Waals surface area (Å²) >= 11 is 4.43. The molecule has 0 aliphatic rings. The molecule has 12 heteroatoms. The number of carbonyl (C=O) groups is 4. The van der Waals surface area contributed by atoms with Crippen molar-refractivity contribution in [2.24, 2.45) is 0 Å². The standard InChI is InChI=1S/C42H49N3O6S3/c1-40(29-52-26-33-19-11-6-12-20-33,36(46)44-42(3,38(48)50-4)31-54-28-35-23-15-8-16-24-35)43-37(47)41(2,30-53-27-34-21-13-7-14-22-34)45-39(49)51-25-32-17-9-5-10-18-32/h5-24H,25-31H2,1-4H3,(H,43,47)(H,44,46)(H,45,49)/t40-,41-,42-/m0/s1. The van der Waals surface area contributed by atoms with Crippen molar-refractivity contribution in [2.45, 2.75) is 61.3 Å². The fraction of sp³-hybridized carbons (Fsp3) is 0.333. The van der Waals surface area contributed by atoms with Crippen molar-refractivity contribution in [3.05, 3.63) is 144 Å². The number of carbonyl (C=O) groups excluding carboxylic acids is 4. The summed E-state index contributed by atoms with van der Waals surface area (Å²) in [6, 6.07) is 38.7. The summed E-state index contributed by atoms with van der Waals surface area (Å²) < 4.78 is 10.7. The third kappa shape index (κ3) is 13.2. The number of rotatable bonds is 20. The second-order valence-electron chi connectivity index (χ2n) is 13.5. The molecule has 3 atom stereocenters. The summed E-state index contributed by atoms with van der Waals surface area (Å²) in [5.41, 5.74) is -0.422. The maximum atomic E-state index is 14.5. The molecule has 286 valence electrons. The number of hydrogen-bond donors (Lipinski definition) is 3. The van der Waals surface area contributed by atoms with E-state index in [1.54, 1.807) is 20.8 Å². The average Bonchev–Trinajstić information content (AvgIpc) is 3.18. The van der Waals surface area contributed by atoms with E-state index in [9.17, 15) is 19.2 Å². The van der Waals surface area contributed by atoms with Gasteiger partial charge in [-0.1, -0.05) is 121 Å². The Labute approximate surface area is 331 Å². The summed E-state index contributed by atoms with van der Waals surface area (Å²) in [5.74, 6) is 0.624. The highest BCUT2D eigenvalue weighted by Gasteiger charge is 2.46. The fourth-order valence-corrected chi connectivity index (χ4v) is 8.70. The first kappa shape index (κ1) is 42.4. The van der Waals surface area contributed by atoms with Gasteiger partial charge < -0.3 is 25.4 Å². The van der Waals surface area contributed by atoms with Gasteiger partial charge in [0.2, 0.25) is 11.8 Å². The minimum Gasteiger partial charge on any atom is -0.467 e. The molecular formula is C42H49N3O6S3. The Morgan fingerprint density at radius 2 is 0.833 bits per heavy atom. The lowest BCUT2D eigenvalue weighted by molar-refractivity contribution is -0.150. The van der Waals surface area contributed by atoms with Crippen molar-refractivity contribution in [1.29, 1.82) is 0 Å². The quantitative estimate of drug-likeness (QED) is 0.0788. The SMILES string of the molecule is COC(=O)[C@](C)(CSCc1ccccc1)NC(=O)[C@](C)(CSCc1ccccc1)NC(=O)[C@](C)(CSCc1ccccc1)NC(=O)OCc1ccccc1. The Morgan fingerprint density at radius 3 is 1.22 bits per heavy atom. The lowest BCUT2D eigenvalue weighted by Crippen LogP contribution is -2.69. The molecule has 54 heavy (non-hydrogen) atoms. The van der Waals surface area contributed by atoms with Crippen molar-refractivity contribution in [3.63, 3.8) is 0 Å². The summed E-state index contributed by atoms with van der Waals surface area (Å²) in [6.45, 7) is 4.91. The number of ether oxygens (including phenoxy) is 2. The molecule has 0 aliphatic carbocycles. The smallest absolute Gasteiger partial charge is 0.408 e. The molecule has 9 nitrogen and oxygen atoms in total. The second-order valence-corrected chi connectivity index (χ2v) is 16.5. The third-order valence-corrected chi connectivity index (χ3v) is 12.5. The number of amides is 3. The predicted octanol–water partition coefficient (Wildman–Crippen LogP) is 7.39. The van der Waals surface area contributed by atoms with Gasteiger partial charge in [0.25, 0.3) is 0 Å². The zero-order valence-electron chi connectivity index (χ0n) is 31.2. The molecule has 0 aromatic heterocycles. The number of alkyl carbamates (subject to hydrolysis) is 1. The monoisotopic (exact) mass is 787 g/mol. The van der Waals surface area contributed by atoms with Crippen molar-refractivity contribution in [1.82, 2.24) is 16.0 Å². The topological polar surface area (TPSA) is 123 Å². The largest absolute Gasteiger partial charge is 0.467 e. The van der Waals surface area contributed by atoms with Gasteiger partial charge in [0.15, 0.2) is 0 Å². The van der Waals surface area contributed by atoms with Crippen LogP contribution in [0.25, 0.3) is 0 Å². The molecule has 0 bridgehead atoms. The van der Waals surface area contributed by atoms with Gasteiger partial charge in [0, 0.05) is 34.5 Å². The van der Waals surface area contributed by atoms with Gasteiger partial charge in [-0.25, -0.2) is 9.59 Å². The molecule has 4 aromatic carbocycles. The zero-order chi connectivity index (χ0) is 38.9. The van der Waals surface area contributed by atoms with Crippen LogP contribution in [0.5, 0.6) is 0 Å². The van der Waals surface area contributed by atoms with Gasteiger partial charge in [-0.15, -0.1) is 0 Å². The minimum absolute atomic E-state index is 0.0200. The summed E-state index contributed by atoms with van der Waals surface area (Å²) in [7, 11) is 1.28. The number of methoxy groups -OCH3 is 1. The first-order valence-electron chi connectivity index (χ1n) is 17.5. The fourth-order valence-electron chi connectivity index (χ4n) is 5.29. The average molecular weight is 788 g/mol. The molecule has 0 fully saturated rings. The Kier molecular flexibility index (Phi) is 16.4. The number of benzene rings is 4. The van der Waals surface area contributed by atoms with Crippen molar-refractivity contribution in [3.8, 4) is 0 Å². The van der Waals surface area contributed by atoms with Gasteiger partial charge >= 0.3 is 12.1 Å². The van der Waals surface area contributed by atoms with Crippen LogP contribution in [-0.4, -0.2) is 64.9 Å². The molecule has 0 aliphatic heterocycles. The number of esters is 1. The Hall–Kier alpha value is -4.39. The molecule has 3 amide bonds. The molecule has 0 unspecified atom stereocenters. The summed E-state index contributed by atoms with van der Waals surface area (Å²) in [5, 5.41) is 8.74. The maximum absolute atomic E-state index is 14.5. The van der Waals surface area contributed by atoms with E-state index in [4.69, 9.17) is 9.47 Å². The summed E-state index contributed by atoms with van der Waals surface area (Å²) in [6.07, 6.45) is -0.768. The van der Waals surface area contributed by atoms with Crippen LogP contribution in [0.4, 0.5) is 4.79 Å². The van der Waals surface area contributed by atoms with E-state index in [0.29, 0.717) is 17.3 Å². The first-order valence-corrected chi connectivity index (χ1v) is 21.0.